The number of aliphatic hydroxyl groups excluding tert-OH is 1. The third-order valence-corrected chi connectivity index (χ3v) is 5.60. The quantitative estimate of drug-likeness (QED) is 0.742. The molecule has 1 N–H and O–H groups in total. The number of alkyl halides is 1. The lowest BCUT2D eigenvalue weighted by molar-refractivity contribution is 0.322. The third-order valence-electron chi connectivity index (χ3n) is 1.22. The van der Waals surface area contributed by atoms with Crippen molar-refractivity contribution in [2.24, 2.45) is 0 Å². The maximum atomic E-state index is 8.66. The minimum atomic E-state index is -0.716. The molecule has 64 valence electrons. The van der Waals surface area contributed by atoms with E-state index < -0.39 is 8.46 Å². The van der Waals surface area contributed by atoms with Crippen LogP contribution in [0.5, 0.6) is 0 Å². The molecule has 0 heterocycles. The third kappa shape index (κ3) is 5.83. The molecule has 1 atom stereocenters. The summed E-state index contributed by atoms with van der Waals surface area (Å²) in [4.78, 5) is 0. The lowest BCUT2D eigenvalue weighted by Crippen LogP contribution is -2.04. The highest BCUT2D eigenvalue weighted by Gasteiger charge is 2.11. The highest BCUT2D eigenvalue weighted by Crippen LogP contribution is 2.51. The minimum Gasteiger partial charge on any atom is -0.396 e. The van der Waals surface area contributed by atoms with Crippen LogP contribution < -0.4 is 0 Å². The van der Waals surface area contributed by atoms with Gasteiger partial charge in [-0.3, -0.25) is 0 Å². The lowest BCUT2D eigenvalue weighted by Gasteiger charge is -2.26. The Labute approximate surface area is 76.7 Å². The van der Waals surface area contributed by atoms with Crippen LogP contribution in [0.1, 0.15) is 6.42 Å². The molecule has 10 heavy (non-hydrogen) atoms. The van der Waals surface area contributed by atoms with E-state index in [1.165, 1.54) is 0 Å². The molecule has 0 radical (unpaired) electrons. The van der Waals surface area contributed by atoms with Crippen molar-refractivity contribution < 1.29 is 5.11 Å². The van der Waals surface area contributed by atoms with Crippen LogP contribution in [0.4, 0.5) is 0 Å². The highest BCUT2D eigenvalue weighted by atomic mass is 79.9. The molecule has 0 saturated heterocycles. The van der Waals surface area contributed by atoms with Gasteiger partial charge in [0.05, 0.1) is 6.61 Å². The molecule has 0 bridgehead atoms. The Morgan fingerprint density at radius 1 is 1.50 bits per heavy atom. The van der Waals surface area contributed by atoms with Crippen LogP contribution in [0.2, 0.25) is 0 Å². The largest absolute Gasteiger partial charge is 0.396 e. The molecular weight excluding hydrogens is 235 g/mol. The van der Waals surface area contributed by atoms with Gasteiger partial charge in [0.1, 0.15) is 0 Å². The SMILES string of the molecule is CS(Br)(CCO)CCCCl. The predicted octanol–water partition coefficient (Wildman–Crippen LogP) is 2.35. The molecule has 0 rings (SSSR count). The first-order valence-corrected chi connectivity index (χ1v) is 7.98. The monoisotopic (exact) mass is 248 g/mol. The predicted molar refractivity (Wildman–Crippen MR) is 54.6 cm³/mol. The number of hydrogen-bond donors (Lipinski definition) is 1. The van der Waals surface area contributed by atoms with Crippen LogP contribution in [0.25, 0.3) is 0 Å². The molecule has 0 fully saturated rings. The fourth-order valence-corrected chi connectivity index (χ4v) is 3.39. The molecule has 0 saturated carbocycles. The Morgan fingerprint density at radius 2 is 2.10 bits per heavy atom. The van der Waals surface area contributed by atoms with Crippen LogP contribution in [-0.2, 0) is 0 Å². The summed E-state index contributed by atoms with van der Waals surface area (Å²) in [5.74, 6) is 2.71. The summed E-state index contributed by atoms with van der Waals surface area (Å²) in [6.07, 6.45) is 3.20. The number of hydrogen-bond acceptors (Lipinski definition) is 1. The van der Waals surface area contributed by atoms with E-state index in [-0.39, 0.29) is 6.61 Å². The smallest absolute Gasteiger partial charge is 0.0514 e. The highest BCUT2D eigenvalue weighted by molar-refractivity contribution is 9.58. The van der Waals surface area contributed by atoms with Gasteiger partial charge in [-0.05, 0) is 33.2 Å². The van der Waals surface area contributed by atoms with Crippen molar-refractivity contribution in [3.8, 4) is 0 Å². The van der Waals surface area contributed by atoms with E-state index in [2.05, 4.69) is 21.1 Å². The zero-order chi connectivity index (χ0) is 8.04. The van der Waals surface area contributed by atoms with E-state index in [4.69, 9.17) is 16.7 Å². The molecule has 0 aromatic heterocycles. The van der Waals surface area contributed by atoms with Gasteiger partial charge in [0, 0.05) is 11.6 Å². The first kappa shape index (κ1) is 11.1. The van der Waals surface area contributed by atoms with E-state index in [0.717, 1.165) is 23.8 Å². The molecular formula is C6H14BrClOS. The van der Waals surface area contributed by atoms with Crippen molar-refractivity contribution in [1.82, 2.24) is 0 Å². The molecule has 0 amide bonds. The minimum absolute atomic E-state index is 0.277. The average Bonchev–Trinajstić information content (AvgIpc) is 1.84. The van der Waals surface area contributed by atoms with Crippen molar-refractivity contribution in [3.63, 3.8) is 0 Å². The summed E-state index contributed by atoms with van der Waals surface area (Å²) in [6, 6.07) is 0. The first-order valence-electron chi connectivity index (χ1n) is 3.22. The molecule has 0 aromatic rings. The molecule has 0 spiro atoms. The molecule has 1 unspecified atom stereocenters. The maximum absolute atomic E-state index is 8.66. The Hall–Kier alpha value is 1.08. The van der Waals surface area contributed by atoms with E-state index in [1.807, 2.05) is 0 Å². The number of halogens is 2. The van der Waals surface area contributed by atoms with Crippen molar-refractivity contribution in [1.29, 1.82) is 0 Å². The van der Waals surface area contributed by atoms with E-state index >= 15 is 0 Å². The van der Waals surface area contributed by atoms with Crippen molar-refractivity contribution in [3.05, 3.63) is 0 Å². The first-order chi connectivity index (χ1) is 4.62. The van der Waals surface area contributed by atoms with Gasteiger partial charge in [-0.25, -0.2) is 0 Å². The van der Waals surface area contributed by atoms with Crippen LogP contribution in [0.3, 0.4) is 0 Å². The van der Waals surface area contributed by atoms with Crippen molar-refractivity contribution in [2.45, 2.75) is 6.42 Å². The summed E-state index contributed by atoms with van der Waals surface area (Å²) in [5.41, 5.74) is 0. The normalized spacial score (nSPS) is 20.0. The van der Waals surface area contributed by atoms with Gasteiger partial charge >= 0.3 is 0 Å². The number of rotatable bonds is 5. The Balaban J connectivity index is 3.42. The summed E-state index contributed by atoms with van der Waals surface area (Å²) >= 11 is 9.15. The van der Waals surface area contributed by atoms with Gasteiger partial charge in [0.2, 0.25) is 0 Å². The fourth-order valence-electron chi connectivity index (χ4n) is 0.648. The summed E-state index contributed by atoms with van der Waals surface area (Å²) in [5, 5.41) is 8.66. The van der Waals surface area contributed by atoms with Gasteiger partial charge in [0.25, 0.3) is 0 Å². The van der Waals surface area contributed by atoms with Crippen LogP contribution in [-0.4, -0.2) is 35.4 Å². The maximum Gasteiger partial charge on any atom is 0.0514 e. The Kier molecular flexibility index (Phi) is 6.31. The molecule has 0 aliphatic carbocycles. The van der Waals surface area contributed by atoms with Crippen LogP contribution in [0, 0.1) is 0 Å². The Morgan fingerprint density at radius 3 is 2.50 bits per heavy atom. The molecule has 0 aromatic carbocycles. The second-order valence-corrected chi connectivity index (χ2v) is 10.5. The van der Waals surface area contributed by atoms with Gasteiger partial charge in [-0.1, -0.05) is 0 Å². The Bertz CT molecular complexity index is 89.8. The zero-order valence-electron chi connectivity index (χ0n) is 6.15. The molecule has 0 aliphatic heterocycles. The zero-order valence-corrected chi connectivity index (χ0v) is 9.31. The van der Waals surface area contributed by atoms with E-state index in [1.54, 1.807) is 0 Å². The van der Waals surface area contributed by atoms with E-state index in [9.17, 15) is 0 Å². The second-order valence-electron chi connectivity index (χ2n) is 2.33. The van der Waals surface area contributed by atoms with Crippen molar-refractivity contribution in [2.75, 3.05) is 30.2 Å². The van der Waals surface area contributed by atoms with Crippen LogP contribution >= 0.6 is 34.9 Å². The van der Waals surface area contributed by atoms with Gasteiger partial charge < -0.3 is 5.11 Å². The summed E-state index contributed by atoms with van der Waals surface area (Å²) in [6.45, 7) is 0.277. The van der Waals surface area contributed by atoms with Gasteiger partial charge in [-0.2, -0.15) is 8.46 Å². The molecule has 1 nitrogen and oxygen atoms in total. The van der Waals surface area contributed by atoms with Crippen molar-refractivity contribution >= 4 is 34.9 Å². The van der Waals surface area contributed by atoms with E-state index in [0.29, 0.717) is 0 Å². The lowest BCUT2D eigenvalue weighted by atomic mass is 10.6. The van der Waals surface area contributed by atoms with Gasteiger partial charge in [0.15, 0.2) is 0 Å². The van der Waals surface area contributed by atoms with Crippen LogP contribution in [0.15, 0.2) is 0 Å². The molecule has 4 heteroatoms. The average molecular weight is 250 g/mol. The summed E-state index contributed by atoms with van der Waals surface area (Å²) in [7, 11) is -0.716. The number of aliphatic hydroxyl groups is 1. The standard InChI is InChI=1S/C6H14BrClOS/c1-10(7,6-4-9)5-2-3-8/h9H,2-6H2,1H3. The topological polar surface area (TPSA) is 20.2 Å². The second kappa shape index (κ2) is 5.70. The van der Waals surface area contributed by atoms with Gasteiger partial charge in [-0.15, -0.1) is 11.6 Å². The summed E-state index contributed by atoms with van der Waals surface area (Å²) < 4.78 is 0. The fraction of sp³-hybridized carbons (Fsp3) is 1.00. The molecule has 0 aliphatic rings.